The van der Waals surface area contributed by atoms with Gasteiger partial charge >= 0.3 is 0 Å². The van der Waals surface area contributed by atoms with Crippen molar-refractivity contribution in [3.05, 3.63) is 64.0 Å². The van der Waals surface area contributed by atoms with E-state index < -0.39 is 0 Å². The van der Waals surface area contributed by atoms with Crippen molar-refractivity contribution in [3.8, 4) is 5.75 Å². The third kappa shape index (κ3) is 8.46. The van der Waals surface area contributed by atoms with Gasteiger partial charge in [-0.2, -0.15) is 0 Å². The van der Waals surface area contributed by atoms with Crippen LogP contribution in [0.3, 0.4) is 0 Å². The molecule has 1 aromatic carbocycles. The molecule has 6 nitrogen and oxygen atoms in total. The van der Waals surface area contributed by atoms with Crippen LogP contribution in [0.1, 0.15) is 44.7 Å². The quantitative estimate of drug-likeness (QED) is 0.414. The average Bonchev–Trinajstić information content (AvgIpc) is 2.80. The van der Waals surface area contributed by atoms with E-state index in [1.807, 2.05) is 12.3 Å². The Morgan fingerprint density at radius 3 is 2.48 bits per heavy atom. The molecule has 2 N–H and O–H groups in total. The molecule has 2 heterocycles. The van der Waals surface area contributed by atoms with Crippen molar-refractivity contribution in [3.63, 3.8) is 0 Å². The van der Waals surface area contributed by atoms with E-state index in [1.54, 1.807) is 36.8 Å². The first-order valence-electron chi connectivity index (χ1n) is 11.0. The number of hydrogen-bond donors (Lipinski definition) is 1. The van der Waals surface area contributed by atoms with Gasteiger partial charge in [0.25, 0.3) is 0 Å². The Labute approximate surface area is 206 Å². The Balaban J connectivity index is 0.00000122. The molecule has 1 saturated heterocycles. The van der Waals surface area contributed by atoms with E-state index in [-0.39, 0.29) is 6.61 Å². The van der Waals surface area contributed by atoms with Gasteiger partial charge in [0.15, 0.2) is 0 Å². The molecular weight excluding hydrogens is 459 g/mol. The molecule has 1 fully saturated rings. The minimum Gasteiger partial charge on any atom is -0.487 e. The number of aldehydes is 1. The molecule has 0 spiro atoms. The highest BCUT2D eigenvalue weighted by atomic mass is 35.5. The molecule has 0 radical (unpaired) electrons. The summed E-state index contributed by atoms with van der Waals surface area (Å²) in [6.07, 6.45) is 9.68. The summed E-state index contributed by atoms with van der Waals surface area (Å²) in [4.78, 5) is 20.3. The number of nitrogens with two attached hydrogens (primary N) is 1. The summed E-state index contributed by atoms with van der Waals surface area (Å²) >= 11 is 12.4. The zero-order valence-corrected chi connectivity index (χ0v) is 20.9. The van der Waals surface area contributed by atoms with Crippen LogP contribution in [0.2, 0.25) is 10.0 Å². The van der Waals surface area contributed by atoms with Gasteiger partial charge in [0.2, 0.25) is 0 Å². The van der Waals surface area contributed by atoms with Gasteiger partial charge in [0.05, 0.1) is 12.2 Å². The minimum absolute atomic E-state index is 0.258. The predicted molar refractivity (Wildman–Crippen MR) is 137 cm³/mol. The Kier molecular flexibility index (Phi) is 11.4. The Morgan fingerprint density at radius 2 is 1.91 bits per heavy atom. The lowest BCUT2D eigenvalue weighted by molar-refractivity contribution is -0.106. The highest BCUT2D eigenvalue weighted by Crippen LogP contribution is 2.26. The van der Waals surface area contributed by atoms with Crippen molar-refractivity contribution in [1.82, 2.24) is 9.88 Å². The lowest BCUT2D eigenvalue weighted by Crippen LogP contribution is -2.39. The fourth-order valence-corrected chi connectivity index (χ4v) is 3.94. The topological polar surface area (TPSA) is 80.8 Å². The van der Waals surface area contributed by atoms with Gasteiger partial charge in [-0.15, -0.1) is 0 Å². The second-order valence-corrected chi connectivity index (χ2v) is 8.71. The van der Waals surface area contributed by atoms with Crippen LogP contribution >= 0.6 is 23.2 Å². The van der Waals surface area contributed by atoms with Crippen molar-refractivity contribution in [2.75, 3.05) is 13.1 Å². The molecular formula is C25H32Cl2N4O2. The van der Waals surface area contributed by atoms with Crippen molar-refractivity contribution in [1.29, 1.82) is 0 Å². The van der Waals surface area contributed by atoms with Crippen LogP contribution in [-0.2, 0) is 11.4 Å². The first-order valence-corrected chi connectivity index (χ1v) is 11.7. The fraction of sp³-hybridized carbons (Fsp3) is 0.400. The van der Waals surface area contributed by atoms with Gasteiger partial charge in [-0.1, -0.05) is 29.3 Å². The number of hydrogen-bond acceptors (Lipinski definition) is 6. The van der Waals surface area contributed by atoms with Crippen LogP contribution in [0.5, 0.6) is 5.75 Å². The Hall–Kier alpha value is -2.41. The molecule has 8 heteroatoms. The van der Waals surface area contributed by atoms with Crippen LogP contribution in [-0.4, -0.2) is 47.6 Å². The highest BCUT2D eigenvalue weighted by Gasteiger charge is 2.19. The van der Waals surface area contributed by atoms with E-state index in [1.165, 1.54) is 6.92 Å². The number of halogens is 2. The highest BCUT2D eigenvalue weighted by molar-refractivity contribution is 6.35. The zero-order chi connectivity index (χ0) is 24.2. The summed E-state index contributed by atoms with van der Waals surface area (Å²) in [5, 5.41) is 1.15. The van der Waals surface area contributed by atoms with Crippen LogP contribution in [0.4, 0.5) is 0 Å². The summed E-state index contributed by atoms with van der Waals surface area (Å²) in [5.41, 5.74) is 8.28. The lowest BCUT2D eigenvalue weighted by atomic mass is 10.0. The average molecular weight is 491 g/mol. The van der Waals surface area contributed by atoms with Gasteiger partial charge in [0, 0.05) is 64.5 Å². The van der Waals surface area contributed by atoms with E-state index >= 15 is 0 Å². The van der Waals surface area contributed by atoms with E-state index in [2.05, 4.69) is 23.7 Å². The lowest BCUT2D eigenvalue weighted by Gasteiger charge is -2.33. The number of piperidine rings is 1. The van der Waals surface area contributed by atoms with Crippen LogP contribution in [0.25, 0.3) is 5.57 Å². The molecule has 0 amide bonds. The van der Waals surface area contributed by atoms with Crippen molar-refractivity contribution in [2.45, 2.75) is 52.3 Å². The molecule has 0 bridgehead atoms. The largest absolute Gasteiger partial charge is 0.487 e. The van der Waals surface area contributed by atoms with Crippen LogP contribution < -0.4 is 10.5 Å². The normalized spacial score (nSPS) is 15.4. The monoisotopic (exact) mass is 490 g/mol. The summed E-state index contributed by atoms with van der Waals surface area (Å²) in [6, 6.07) is 8.19. The van der Waals surface area contributed by atoms with Gasteiger partial charge < -0.3 is 20.2 Å². The van der Waals surface area contributed by atoms with Crippen LogP contribution in [0.15, 0.2) is 47.9 Å². The molecule has 1 aliphatic heterocycles. The maximum atomic E-state index is 8.81. The van der Waals surface area contributed by atoms with E-state index in [0.29, 0.717) is 27.9 Å². The number of aromatic nitrogens is 1. The fourth-order valence-electron chi connectivity index (χ4n) is 3.43. The number of pyridine rings is 1. The standard InChI is InChI=1S/C23H28Cl2N4O.C2H4O/c1-16(2)29-8-6-19(7-9-29)28-13-18(11-26)17-10-20(14-27-12-17)30-15-21-22(24)4-3-5-23(21)25;1-2-3/h3-5,10-14,16,19H,6-9,15,26H2,1-2H3;2H,1H3/b18-11+,28-13?;. The molecule has 3 rings (SSSR count). The molecule has 1 aliphatic rings. The molecule has 0 saturated carbocycles. The summed E-state index contributed by atoms with van der Waals surface area (Å²) in [7, 11) is 0. The number of rotatable bonds is 7. The molecule has 0 atom stereocenters. The number of carbonyl (C=O) groups excluding carboxylic acids is 1. The molecule has 0 aliphatic carbocycles. The zero-order valence-electron chi connectivity index (χ0n) is 19.4. The number of benzene rings is 1. The van der Waals surface area contributed by atoms with E-state index in [4.69, 9.17) is 43.5 Å². The first kappa shape index (κ1) is 26.8. The van der Waals surface area contributed by atoms with Gasteiger partial charge in [-0.3, -0.25) is 9.98 Å². The van der Waals surface area contributed by atoms with Gasteiger partial charge in [-0.25, -0.2) is 0 Å². The smallest absolute Gasteiger partial charge is 0.138 e. The predicted octanol–water partition coefficient (Wildman–Crippen LogP) is 5.42. The molecule has 2 aromatic rings. The second kappa shape index (κ2) is 14.0. The van der Waals surface area contributed by atoms with E-state index in [9.17, 15) is 0 Å². The summed E-state index contributed by atoms with van der Waals surface area (Å²) in [6.45, 7) is 8.34. The molecule has 1 aromatic heterocycles. The summed E-state index contributed by atoms with van der Waals surface area (Å²) in [5.74, 6) is 0.612. The number of nitrogens with zero attached hydrogens (tertiary/aromatic N) is 3. The Bertz CT molecular complexity index is 935. The first-order chi connectivity index (χ1) is 15.9. The van der Waals surface area contributed by atoms with Crippen molar-refractivity contribution >= 4 is 41.3 Å². The third-order valence-electron chi connectivity index (χ3n) is 5.32. The maximum absolute atomic E-state index is 8.81. The van der Waals surface area contributed by atoms with Gasteiger partial charge in [0.1, 0.15) is 18.6 Å². The molecule has 178 valence electrons. The number of allylic oxidation sites excluding steroid dienone is 1. The van der Waals surface area contributed by atoms with Gasteiger partial charge in [-0.05, 0) is 51.8 Å². The third-order valence-corrected chi connectivity index (χ3v) is 6.03. The van der Waals surface area contributed by atoms with Crippen molar-refractivity contribution in [2.24, 2.45) is 10.7 Å². The maximum Gasteiger partial charge on any atom is 0.138 e. The number of ether oxygens (including phenoxy) is 1. The van der Waals surface area contributed by atoms with Crippen LogP contribution in [0, 0.1) is 0 Å². The van der Waals surface area contributed by atoms with Crippen molar-refractivity contribution < 1.29 is 9.53 Å². The number of carbonyl (C=O) groups is 1. The second-order valence-electron chi connectivity index (χ2n) is 7.89. The van der Waals surface area contributed by atoms with E-state index in [0.717, 1.165) is 48.9 Å². The number of likely N-dealkylation sites (tertiary alicyclic amines) is 1. The summed E-state index contributed by atoms with van der Waals surface area (Å²) < 4.78 is 5.87. The number of aliphatic imine (C=N–C) groups is 1. The molecule has 0 unspecified atom stereocenters. The molecule has 33 heavy (non-hydrogen) atoms. The minimum atomic E-state index is 0.258. The SMILES string of the molecule is CC(C)N1CCC(N=C/C(=C\N)c2cncc(OCc3c(Cl)cccc3Cl)c2)CC1.CC=O. The Morgan fingerprint density at radius 1 is 1.27 bits per heavy atom.